The van der Waals surface area contributed by atoms with Crippen LogP contribution in [0.25, 0.3) is 16.7 Å². The summed E-state index contributed by atoms with van der Waals surface area (Å²) in [5.41, 5.74) is 9.11. The van der Waals surface area contributed by atoms with Crippen LogP contribution in [0.3, 0.4) is 0 Å². The molecule has 0 unspecified atom stereocenters. The molecule has 0 saturated heterocycles. The van der Waals surface area contributed by atoms with Crippen LogP contribution in [0.5, 0.6) is 0 Å². The molecule has 0 saturated carbocycles. The highest BCUT2D eigenvalue weighted by Gasteiger charge is 2.10. The zero-order valence-electron chi connectivity index (χ0n) is 16.1. The van der Waals surface area contributed by atoms with Gasteiger partial charge in [-0.3, -0.25) is 0 Å². The van der Waals surface area contributed by atoms with E-state index in [-0.39, 0.29) is 5.82 Å². The Morgan fingerprint density at radius 3 is 2.61 bits per heavy atom. The summed E-state index contributed by atoms with van der Waals surface area (Å²) >= 11 is 0. The normalized spacial score (nSPS) is 11.6. The maximum atomic E-state index is 13.2. The van der Waals surface area contributed by atoms with Crippen molar-refractivity contribution in [2.45, 2.75) is 27.3 Å². The van der Waals surface area contributed by atoms with Gasteiger partial charge in [0.05, 0.1) is 17.2 Å². The predicted octanol–water partition coefficient (Wildman–Crippen LogP) is 5.05. The van der Waals surface area contributed by atoms with Gasteiger partial charge in [0.15, 0.2) is 0 Å². The van der Waals surface area contributed by atoms with Gasteiger partial charge in [0, 0.05) is 29.2 Å². The number of benzene rings is 2. The third kappa shape index (κ3) is 3.17. The average Bonchev–Trinajstić information content (AvgIpc) is 3.19. The Morgan fingerprint density at radius 2 is 1.86 bits per heavy atom. The zero-order valence-corrected chi connectivity index (χ0v) is 16.1. The summed E-state index contributed by atoms with van der Waals surface area (Å²) in [7, 11) is 0. The van der Waals surface area contributed by atoms with Crippen LogP contribution < -0.4 is 5.43 Å². The molecule has 1 N–H and O–H groups in total. The van der Waals surface area contributed by atoms with Crippen molar-refractivity contribution in [1.29, 1.82) is 0 Å². The van der Waals surface area contributed by atoms with Crippen molar-refractivity contribution in [3.8, 4) is 5.69 Å². The van der Waals surface area contributed by atoms with Gasteiger partial charge in [-0.15, -0.1) is 0 Å². The molecule has 2 aromatic carbocycles. The van der Waals surface area contributed by atoms with E-state index in [1.807, 2.05) is 32.0 Å². The Bertz CT molecular complexity index is 1150. The largest absolute Gasteiger partial charge is 0.318 e. The van der Waals surface area contributed by atoms with Crippen LogP contribution in [0.1, 0.15) is 23.9 Å². The van der Waals surface area contributed by atoms with Crippen molar-refractivity contribution in [2.75, 3.05) is 5.43 Å². The second kappa shape index (κ2) is 7.31. The fourth-order valence-corrected chi connectivity index (χ4v) is 3.55. The Kier molecular flexibility index (Phi) is 4.69. The number of hydrogen-bond acceptors (Lipinski definition) is 3. The van der Waals surface area contributed by atoms with E-state index in [4.69, 9.17) is 0 Å². The lowest BCUT2D eigenvalue weighted by Crippen LogP contribution is -2.02. The van der Waals surface area contributed by atoms with Gasteiger partial charge in [-0.05, 0) is 63.2 Å². The number of hydrazone groups is 1. The van der Waals surface area contributed by atoms with Crippen LogP contribution in [-0.2, 0) is 6.54 Å². The number of imidazole rings is 1. The molecule has 0 aliphatic carbocycles. The number of halogens is 1. The molecule has 142 valence electrons. The van der Waals surface area contributed by atoms with Crippen LogP contribution in [0, 0.1) is 19.7 Å². The van der Waals surface area contributed by atoms with E-state index in [2.05, 4.69) is 43.7 Å². The highest BCUT2D eigenvalue weighted by molar-refractivity contribution is 5.83. The van der Waals surface area contributed by atoms with E-state index in [1.165, 1.54) is 12.1 Å². The lowest BCUT2D eigenvalue weighted by Gasteiger charge is -2.09. The molecule has 0 amide bonds. The number of fused-ring (bicyclic) bond motifs is 1. The standard InChI is InChI=1S/C22H22FN5/c1-4-27-21-8-6-5-7-20(21)25-22(27)26-24-14-17-13-15(2)28(16(17)3)19-11-9-18(23)10-12-19/h5-14H,4H2,1-3H3,(H,25,26)/b24-14-. The first-order valence-corrected chi connectivity index (χ1v) is 9.27. The molecule has 5 nitrogen and oxygen atoms in total. The number of nitrogens with zero attached hydrogens (tertiary/aromatic N) is 4. The predicted molar refractivity (Wildman–Crippen MR) is 112 cm³/mol. The summed E-state index contributed by atoms with van der Waals surface area (Å²) < 4.78 is 17.4. The molecule has 4 aromatic rings. The van der Waals surface area contributed by atoms with E-state index in [9.17, 15) is 4.39 Å². The summed E-state index contributed by atoms with van der Waals surface area (Å²) in [6.07, 6.45) is 1.79. The van der Waals surface area contributed by atoms with Crippen molar-refractivity contribution >= 4 is 23.2 Å². The minimum Gasteiger partial charge on any atom is -0.318 e. The van der Waals surface area contributed by atoms with Crippen molar-refractivity contribution in [2.24, 2.45) is 5.10 Å². The Labute approximate surface area is 163 Å². The minimum absolute atomic E-state index is 0.240. The first-order chi connectivity index (χ1) is 13.6. The minimum atomic E-state index is -0.240. The van der Waals surface area contributed by atoms with E-state index >= 15 is 0 Å². The molecule has 0 fully saturated rings. The molecule has 0 aliphatic heterocycles. The van der Waals surface area contributed by atoms with Crippen LogP contribution in [0.4, 0.5) is 10.3 Å². The second-order valence-electron chi connectivity index (χ2n) is 6.68. The molecule has 0 spiro atoms. The molecule has 0 aliphatic rings. The van der Waals surface area contributed by atoms with Gasteiger partial charge in [0.1, 0.15) is 5.82 Å². The van der Waals surface area contributed by atoms with Gasteiger partial charge in [0.2, 0.25) is 5.95 Å². The van der Waals surface area contributed by atoms with Crippen molar-refractivity contribution in [1.82, 2.24) is 14.1 Å². The quantitative estimate of drug-likeness (QED) is 0.392. The highest BCUT2D eigenvalue weighted by atomic mass is 19.1. The Balaban J connectivity index is 1.61. The second-order valence-corrected chi connectivity index (χ2v) is 6.68. The number of hydrogen-bond donors (Lipinski definition) is 1. The number of aryl methyl sites for hydroxylation is 2. The van der Waals surface area contributed by atoms with E-state index in [0.717, 1.165) is 40.2 Å². The van der Waals surface area contributed by atoms with Crippen LogP contribution in [0.15, 0.2) is 59.7 Å². The van der Waals surface area contributed by atoms with Gasteiger partial charge >= 0.3 is 0 Å². The summed E-state index contributed by atoms with van der Waals surface area (Å²) in [5.74, 6) is 0.475. The molecule has 2 heterocycles. The number of anilines is 1. The number of para-hydroxylation sites is 2. The van der Waals surface area contributed by atoms with Crippen molar-refractivity contribution in [3.05, 3.63) is 77.4 Å². The summed E-state index contributed by atoms with van der Waals surface area (Å²) in [6, 6.07) is 16.6. The highest BCUT2D eigenvalue weighted by Crippen LogP contribution is 2.21. The van der Waals surface area contributed by atoms with Crippen LogP contribution in [0.2, 0.25) is 0 Å². The first-order valence-electron chi connectivity index (χ1n) is 9.27. The molecule has 2 aromatic heterocycles. The van der Waals surface area contributed by atoms with Gasteiger partial charge in [-0.25, -0.2) is 14.8 Å². The van der Waals surface area contributed by atoms with Crippen LogP contribution in [-0.4, -0.2) is 20.3 Å². The third-order valence-electron chi connectivity index (χ3n) is 4.89. The van der Waals surface area contributed by atoms with E-state index < -0.39 is 0 Å². The number of aromatic nitrogens is 3. The monoisotopic (exact) mass is 375 g/mol. The van der Waals surface area contributed by atoms with E-state index in [0.29, 0.717) is 5.95 Å². The Morgan fingerprint density at radius 1 is 1.11 bits per heavy atom. The number of nitrogens with one attached hydrogen (secondary N) is 1. The third-order valence-corrected chi connectivity index (χ3v) is 4.89. The maximum absolute atomic E-state index is 13.2. The van der Waals surface area contributed by atoms with Crippen molar-refractivity contribution < 1.29 is 4.39 Å². The first kappa shape index (κ1) is 18.0. The molecular weight excluding hydrogens is 353 g/mol. The van der Waals surface area contributed by atoms with Gasteiger partial charge in [-0.2, -0.15) is 5.10 Å². The van der Waals surface area contributed by atoms with Crippen molar-refractivity contribution in [3.63, 3.8) is 0 Å². The number of rotatable bonds is 5. The lowest BCUT2D eigenvalue weighted by molar-refractivity contribution is 0.627. The zero-order chi connectivity index (χ0) is 19.7. The van der Waals surface area contributed by atoms with Gasteiger partial charge < -0.3 is 9.13 Å². The molecule has 6 heteroatoms. The Hall–Kier alpha value is -3.41. The smallest absolute Gasteiger partial charge is 0.224 e. The van der Waals surface area contributed by atoms with Gasteiger partial charge in [0.25, 0.3) is 0 Å². The summed E-state index contributed by atoms with van der Waals surface area (Å²) in [5, 5.41) is 4.41. The molecule has 0 atom stereocenters. The molecular formula is C22H22FN5. The fraction of sp³-hybridized carbons (Fsp3) is 0.182. The fourth-order valence-electron chi connectivity index (χ4n) is 3.55. The molecule has 28 heavy (non-hydrogen) atoms. The molecule has 4 rings (SSSR count). The molecule has 0 bridgehead atoms. The summed E-state index contributed by atoms with van der Waals surface area (Å²) in [4.78, 5) is 4.61. The van der Waals surface area contributed by atoms with Crippen LogP contribution >= 0.6 is 0 Å². The maximum Gasteiger partial charge on any atom is 0.224 e. The lowest BCUT2D eigenvalue weighted by atomic mass is 10.2. The molecule has 0 radical (unpaired) electrons. The topological polar surface area (TPSA) is 47.1 Å². The average molecular weight is 375 g/mol. The summed E-state index contributed by atoms with van der Waals surface area (Å²) in [6.45, 7) is 6.94. The SMILES string of the molecule is CCn1c(N/N=C\c2cc(C)n(-c3ccc(F)cc3)c2C)nc2ccccc21. The van der Waals surface area contributed by atoms with E-state index in [1.54, 1.807) is 18.3 Å². The van der Waals surface area contributed by atoms with Gasteiger partial charge in [-0.1, -0.05) is 12.1 Å².